The summed E-state index contributed by atoms with van der Waals surface area (Å²) in [4.78, 5) is 0.0844. The van der Waals surface area contributed by atoms with Crippen LogP contribution in [0.25, 0.3) is 0 Å². The van der Waals surface area contributed by atoms with E-state index in [4.69, 9.17) is 0 Å². The van der Waals surface area contributed by atoms with E-state index in [1.54, 1.807) is 0 Å². The Morgan fingerprint density at radius 3 is 2.57 bits per heavy atom. The van der Waals surface area contributed by atoms with E-state index in [1.807, 2.05) is 0 Å². The number of rotatable bonds is 5. The average molecular weight is 378 g/mol. The van der Waals surface area contributed by atoms with Gasteiger partial charge in [-0.25, -0.2) is 17.5 Å². The molecule has 0 amide bonds. The first-order chi connectivity index (χ1) is 9.88. The number of hydrogen-bond donors (Lipinski definition) is 1. The summed E-state index contributed by atoms with van der Waals surface area (Å²) >= 11 is 3.10. The van der Waals surface area contributed by atoms with Gasteiger partial charge in [0, 0.05) is 11.0 Å². The Bertz CT molecular complexity index is 583. The van der Waals surface area contributed by atoms with Crippen LogP contribution in [0.4, 0.5) is 4.39 Å². The lowest BCUT2D eigenvalue weighted by Gasteiger charge is -2.26. The van der Waals surface area contributed by atoms with E-state index >= 15 is 0 Å². The minimum Gasteiger partial charge on any atom is -0.211 e. The SMILES string of the molecule is CC1CCC(CCNS(=O)(=O)c2ccc(F)cc2Br)CC1. The molecular weight excluding hydrogens is 357 g/mol. The van der Waals surface area contributed by atoms with Gasteiger partial charge < -0.3 is 0 Å². The lowest BCUT2D eigenvalue weighted by Crippen LogP contribution is -2.27. The molecule has 1 aliphatic rings. The van der Waals surface area contributed by atoms with Crippen LogP contribution in [-0.2, 0) is 10.0 Å². The van der Waals surface area contributed by atoms with Crippen molar-refractivity contribution in [1.82, 2.24) is 4.72 Å². The van der Waals surface area contributed by atoms with Crippen molar-refractivity contribution in [1.29, 1.82) is 0 Å². The molecule has 0 aromatic heterocycles. The van der Waals surface area contributed by atoms with Gasteiger partial charge in [-0.15, -0.1) is 0 Å². The highest BCUT2D eigenvalue weighted by molar-refractivity contribution is 9.10. The molecule has 21 heavy (non-hydrogen) atoms. The lowest BCUT2D eigenvalue weighted by atomic mass is 9.81. The zero-order valence-corrected chi connectivity index (χ0v) is 14.5. The smallest absolute Gasteiger partial charge is 0.211 e. The molecule has 1 aromatic rings. The third-order valence-electron chi connectivity index (χ3n) is 4.16. The molecule has 0 atom stereocenters. The molecule has 6 heteroatoms. The number of halogens is 2. The van der Waals surface area contributed by atoms with Crippen molar-refractivity contribution in [2.75, 3.05) is 6.54 Å². The van der Waals surface area contributed by atoms with Crippen molar-refractivity contribution in [3.05, 3.63) is 28.5 Å². The van der Waals surface area contributed by atoms with E-state index in [0.717, 1.165) is 24.5 Å². The van der Waals surface area contributed by atoms with Gasteiger partial charge in [-0.3, -0.25) is 0 Å². The van der Waals surface area contributed by atoms with E-state index < -0.39 is 15.8 Å². The fourth-order valence-electron chi connectivity index (χ4n) is 2.79. The normalized spacial score (nSPS) is 23.2. The van der Waals surface area contributed by atoms with Crippen LogP contribution in [0.2, 0.25) is 0 Å². The fourth-order valence-corrected chi connectivity index (χ4v) is 4.88. The first-order valence-electron chi connectivity index (χ1n) is 7.33. The van der Waals surface area contributed by atoms with Crippen LogP contribution in [0.3, 0.4) is 0 Å². The van der Waals surface area contributed by atoms with E-state index in [0.29, 0.717) is 12.5 Å². The van der Waals surface area contributed by atoms with Crippen molar-refractivity contribution >= 4 is 26.0 Å². The summed E-state index contributed by atoms with van der Waals surface area (Å²) in [5.41, 5.74) is 0. The van der Waals surface area contributed by atoms with Crippen molar-refractivity contribution < 1.29 is 12.8 Å². The van der Waals surface area contributed by atoms with Gasteiger partial charge in [0.2, 0.25) is 10.0 Å². The predicted molar refractivity (Wildman–Crippen MR) is 85.0 cm³/mol. The Labute approximate surface area is 134 Å². The maximum absolute atomic E-state index is 13.0. The molecule has 118 valence electrons. The molecule has 0 aliphatic heterocycles. The molecule has 1 aliphatic carbocycles. The molecule has 0 heterocycles. The second kappa shape index (κ2) is 7.20. The molecule has 3 nitrogen and oxygen atoms in total. The molecule has 0 saturated heterocycles. The van der Waals surface area contributed by atoms with Gasteiger partial charge in [-0.05, 0) is 52.4 Å². The quantitative estimate of drug-likeness (QED) is 0.839. The van der Waals surface area contributed by atoms with E-state index in [2.05, 4.69) is 27.6 Å². The highest BCUT2D eigenvalue weighted by atomic mass is 79.9. The number of sulfonamides is 1. The molecule has 2 rings (SSSR count). The lowest BCUT2D eigenvalue weighted by molar-refractivity contribution is 0.278. The number of hydrogen-bond acceptors (Lipinski definition) is 2. The Balaban J connectivity index is 1.89. The third-order valence-corrected chi connectivity index (χ3v) is 6.60. The van der Waals surface area contributed by atoms with Crippen LogP contribution in [0, 0.1) is 17.7 Å². The largest absolute Gasteiger partial charge is 0.241 e. The van der Waals surface area contributed by atoms with Crippen molar-refractivity contribution in [2.24, 2.45) is 11.8 Å². The first kappa shape index (κ1) is 16.9. The van der Waals surface area contributed by atoms with Crippen LogP contribution in [0.5, 0.6) is 0 Å². The second-order valence-electron chi connectivity index (χ2n) is 5.89. The zero-order chi connectivity index (χ0) is 15.5. The van der Waals surface area contributed by atoms with Crippen LogP contribution >= 0.6 is 15.9 Å². The second-order valence-corrected chi connectivity index (χ2v) is 8.48. The molecule has 1 N–H and O–H groups in total. The average Bonchev–Trinajstić information content (AvgIpc) is 2.40. The van der Waals surface area contributed by atoms with Crippen LogP contribution in [-0.4, -0.2) is 15.0 Å². The summed E-state index contributed by atoms with van der Waals surface area (Å²) in [5.74, 6) is 0.950. The first-order valence-corrected chi connectivity index (χ1v) is 9.61. The summed E-state index contributed by atoms with van der Waals surface area (Å²) in [5, 5.41) is 0. The Hall–Kier alpha value is -0.460. The summed E-state index contributed by atoms with van der Waals surface area (Å²) in [6.45, 7) is 2.70. The fraction of sp³-hybridized carbons (Fsp3) is 0.600. The van der Waals surface area contributed by atoms with Gasteiger partial charge in [0.15, 0.2) is 0 Å². The number of benzene rings is 1. The van der Waals surface area contributed by atoms with Crippen molar-refractivity contribution in [2.45, 2.75) is 43.9 Å². The van der Waals surface area contributed by atoms with E-state index in [-0.39, 0.29) is 9.37 Å². The predicted octanol–water partition coefficient (Wildman–Crippen LogP) is 4.08. The minimum absolute atomic E-state index is 0.0844. The van der Waals surface area contributed by atoms with Gasteiger partial charge in [0.05, 0.1) is 4.90 Å². The Morgan fingerprint density at radius 2 is 1.95 bits per heavy atom. The Kier molecular flexibility index (Phi) is 5.80. The minimum atomic E-state index is -3.58. The molecule has 0 bridgehead atoms. The topological polar surface area (TPSA) is 46.2 Å². The van der Waals surface area contributed by atoms with Gasteiger partial charge in [0.25, 0.3) is 0 Å². The van der Waals surface area contributed by atoms with Gasteiger partial charge in [0.1, 0.15) is 5.82 Å². The van der Waals surface area contributed by atoms with Crippen LogP contribution < -0.4 is 4.72 Å². The Morgan fingerprint density at radius 1 is 1.29 bits per heavy atom. The standard InChI is InChI=1S/C15H21BrFNO2S/c1-11-2-4-12(5-3-11)8-9-18-21(19,20)15-7-6-13(17)10-14(15)16/h6-7,10-12,18H,2-5,8-9H2,1H3. The van der Waals surface area contributed by atoms with Crippen molar-refractivity contribution in [3.63, 3.8) is 0 Å². The summed E-state index contributed by atoms with van der Waals surface area (Å²) in [7, 11) is -3.58. The molecule has 1 saturated carbocycles. The van der Waals surface area contributed by atoms with Crippen molar-refractivity contribution in [3.8, 4) is 0 Å². The van der Waals surface area contributed by atoms with Gasteiger partial charge >= 0.3 is 0 Å². The van der Waals surface area contributed by atoms with Crippen LogP contribution in [0.15, 0.2) is 27.6 Å². The van der Waals surface area contributed by atoms with Gasteiger partial charge in [-0.1, -0.05) is 32.6 Å². The van der Waals surface area contributed by atoms with E-state index in [9.17, 15) is 12.8 Å². The molecule has 0 unspecified atom stereocenters. The number of nitrogens with one attached hydrogen (secondary N) is 1. The monoisotopic (exact) mass is 377 g/mol. The van der Waals surface area contributed by atoms with Gasteiger partial charge in [-0.2, -0.15) is 0 Å². The summed E-state index contributed by atoms with van der Waals surface area (Å²) in [6, 6.07) is 3.60. The molecule has 1 aromatic carbocycles. The third kappa shape index (κ3) is 4.76. The van der Waals surface area contributed by atoms with Crippen LogP contribution in [0.1, 0.15) is 39.0 Å². The van der Waals surface area contributed by atoms with E-state index in [1.165, 1.54) is 31.7 Å². The molecule has 1 fully saturated rings. The zero-order valence-electron chi connectivity index (χ0n) is 12.1. The molecule has 0 radical (unpaired) electrons. The summed E-state index contributed by atoms with van der Waals surface area (Å²) < 4.78 is 40.3. The summed E-state index contributed by atoms with van der Waals surface area (Å²) in [6.07, 6.45) is 5.71. The highest BCUT2D eigenvalue weighted by Crippen LogP contribution is 2.30. The maximum atomic E-state index is 13.0. The maximum Gasteiger partial charge on any atom is 0.241 e. The molecule has 0 spiro atoms. The highest BCUT2D eigenvalue weighted by Gasteiger charge is 2.21. The molecular formula is C15H21BrFNO2S.